The quantitative estimate of drug-likeness (QED) is 0.392. The van der Waals surface area contributed by atoms with Gasteiger partial charge in [0.15, 0.2) is 11.9 Å². The first kappa shape index (κ1) is 23.8. The highest BCUT2D eigenvalue weighted by Gasteiger charge is 2.99. The summed E-state index contributed by atoms with van der Waals surface area (Å²) in [6.45, 7) is 5.44. The van der Waals surface area contributed by atoms with Crippen molar-refractivity contribution in [3.05, 3.63) is 24.2 Å². The van der Waals surface area contributed by atoms with Gasteiger partial charge in [-0.05, 0) is 25.3 Å². The van der Waals surface area contributed by atoms with Crippen LogP contribution in [0.2, 0.25) is 0 Å². The van der Waals surface area contributed by atoms with E-state index in [4.69, 9.17) is 18.6 Å². The molecule has 2 spiro atoms. The Kier molecular flexibility index (Phi) is 4.17. The molecule has 4 saturated carbocycles. The van der Waals surface area contributed by atoms with Gasteiger partial charge in [-0.2, -0.15) is 0 Å². The number of carbonyl (C=O) groups excluding carboxylic acids is 3. The van der Waals surface area contributed by atoms with Gasteiger partial charge in [-0.15, -0.1) is 0 Å². The maximum absolute atomic E-state index is 14.0. The predicted octanol–water partition coefficient (Wildman–Crippen LogP) is 1.06. The molecule has 6 fully saturated rings. The second-order valence-electron chi connectivity index (χ2n) is 12.9. The van der Waals surface area contributed by atoms with Gasteiger partial charge in [0.1, 0.15) is 23.4 Å². The van der Waals surface area contributed by atoms with E-state index in [0.717, 1.165) is 0 Å². The Labute approximate surface area is 213 Å². The van der Waals surface area contributed by atoms with Crippen LogP contribution in [0.1, 0.15) is 58.1 Å². The molecule has 6 aliphatic rings. The normalized spacial score (nSPS) is 55.6. The topological polar surface area (TPSA) is 156 Å². The van der Waals surface area contributed by atoms with Crippen molar-refractivity contribution in [3.63, 3.8) is 0 Å². The minimum atomic E-state index is -1.66. The van der Waals surface area contributed by atoms with Crippen molar-refractivity contribution in [2.24, 2.45) is 34.0 Å². The number of aliphatic hydroxyl groups excluding tert-OH is 2. The maximum Gasteiger partial charge on any atom is 0.335 e. The average Bonchev–Trinajstić information content (AvgIpc) is 3.11. The third-order valence-electron chi connectivity index (χ3n) is 11.9. The first-order chi connectivity index (χ1) is 17.3. The molecule has 2 aliphatic heterocycles. The molecule has 10 nitrogen and oxygen atoms in total. The van der Waals surface area contributed by atoms with E-state index in [1.165, 1.54) is 19.6 Å². The third kappa shape index (κ3) is 2.11. The number of rotatable bonds is 3. The van der Waals surface area contributed by atoms with Crippen LogP contribution < -0.4 is 0 Å². The number of ketones is 1. The zero-order valence-corrected chi connectivity index (χ0v) is 21.2. The highest BCUT2D eigenvalue weighted by atomic mass is 16.7. The molecular weight excluding hydrogens is 484 g/mol. The third-order valence-corrected chi connectivity index (χ3v) is 11.9. The lowest BCUT2D eigenvalue weighted by Crippen LogP contribution is -2.64. The number of esters is 2. The molecule has 7 rings (SSSR count). The van der Waals surface area contributed by atoms with Gasteiger partial charge in [0.2, 0.25) is 0 Å². The minimum absolute atomic E-state index is 0.0107. The second kappa shape index (κ2) is 6.47. The summed E-state index contributed by atoms with van der Waals surface area (Å²) in [6.07, 6.45) is 0.133. The number of hydrogen-bond acceptors (Lipinski definition) is 10. The van der Waals surface area contributed by atoms with Gasteiger partial charge in [0.25, 0.3) is 0 Å². The van der Waals surface area contributed by atoms with Crippen molar-refractivity contribution >= 4 is 17.7 Å². The van der Waals surface area contributed by atoms with Crippen molar-refractivity contribution < 1.29 is 48.3 Å². The SMILES string of the molecule is COC(=O)[C@@H](O)[C@H]1[C@]2(C)C[C@@]3(O)[C@H](C(=O)[C@H]2O)[C@]24O[C@]25CC(=O)O[C@@H](c2ccoc2)[C@]5(C)CC[C@@H]4[C@]13C. The Bertz CT molecular complexity index is 1240. The zero-order chi connectivity index (χ0) is 26.6. The van der Waals surface area contributed by atoms with E-state index in [9.17, 15) is 29.7 Å². The van der Waals surface area contributed by atoms with Crippen LogP contribution in [0.25, 0.3) is 0 Å². The Morgan fingerprint density at radius 2 is 1.97 bits per heavy atom. The number of Topliss-reactive ketones (excluding diaryl/α,β-unsaturated/α-hetero) is 1. The Morgan fingerprint density at radius 3 is 2.62 bits per heavy atom. The molecule has 10 heteroatoms. The van der Waals surface area contributed by atoms with Crippen LogP contribution in [0.15, 0.2) is 23.0 Å². The summed E-state index contributed by atoms with van der Waals surface area (Å²) in [5.41, 5.74) is -6.52. The van der Waals surface area contributed by atoms with Gasteiger partial charge in [-0.1, -0.05) is 20.8 Å². The Balaban J connectivity index is 1.45. The number of ether oxygens (including phenoxy) is 3. The van der Waals surface area contributed by atoms with Crippen LogP contribution in [-0.2, 0) is 28.6 Å². The van der Waals surface area contributed by atoms with E-state index in [1.807, 2.05) is 6.92 Å². The molecule has 2 bridgehead atoms. The van der Waals surface area contributed by atoms with E-state index in [1.54, 1.807) is 19.9 Å². The van der Waals surface area contributed by atoms with Crippen LogP contribution in [0.4, 0.5) is 0 Å². The molecule has 12 atom stereocenters. The summed E-state index contributed by atoms with van der Waals surface area (Å²) >= 11 is 0. The summed E-state index contributed by atoms with van der Waals surface area (Å²) in [6, 6.07) is 1.74. The molecule has 0 unspecified atom stereocenters. The first-order valence-corrected chi connectivity index (χ1v) is 12.9. The number of methoxy groups -OCH3 is 1. The number of furan rings is 1. The van der Waals surface area contributed by atoms with Crippen molar-refractivity contribution in [3.8, 4) is 0 Å². The van der Waals surface area contributed by atoms with Gasteiger partial charge in [-0.3, -0.25) is 9.59 Å². The lowest BCUT2D eigenvalue weighted by molar-refractivity contribution is -0.185. The Morgan fingerprint density at radius 1 is 1.24 bits per heavy atom. The van der Waals surface area contributed by atoms with E-state index in [2.05, 4.69) is 0 Å². The summed E-state index contributed by atoms with van der Waals surface area (Å²) in [5, 5.41) is 35.2. The lowest BCUT2D eigenvalue weighted by Gasteiger charge is -2.54. The van der Waals surface area contributed by atoms with Crippen LogP contribution in [0.5, 0.6) is 0 Å². The van der Waals surface area contributed by atoms with Crippen LogP contribution in [0.3, 0.4) is 0 Å². The molecule has 0 amide bonds. The minimum Gasteiger partial charge on any atom is -0.472 e. The van der Waals surface area contributed by atoms with E-state index < -0.39 is 86.8 Å². The number of fused-ring (bicyclic) bond motifs is 2. The van der Waals surface area contributed by atoms with Crippen LogP contribution >= 0.6 is 0 Å². The smallest absolute Gasteiger partial charge is 0.335 e. The highest BCUT2D eigenvalue weighted by molar-refractivity contribution is 5.93. The number of cyclic esters (lactones) is 1. The second-order valence-corrected chi connectivity index (χ2v) is 12.9. The molecule has 37 heavy (non-hydrogen) atoms. The first-order valence-electron chi connectivity index (χ1n) is 12.9. The summed E-state index contributed by atoms with van der Waals surface area (Å²) in [5.74, 6) is -4.48. The van der Waals surface area contributed by atoms with Gasteiger partial charge in [0, 0.05) is 33.6 Å². The van der Waals surface area contributed by atoms with Crippen LogP contribution in [0, 0.1) is 34.0 Å². The molecule has 0 radical (unpaired) electrons. The fourth-order valence-electron chi connectivity index (χ4n) is 10.6. The zero-order valence-electron chi connectivity index (χ0n) is 21.2. The Hall–Kier alpha value is -2.27. The number of epoxide rings is 1. The highest BCUT2D eigenvalue weighted by Crippen LogP contribution is 2.88. The molecule has 0 aromatic carbocycles. The van der Waals surface area contributed by atoms with Crippen molar-refractivity contribution in [2.45, 2.75) is 81.6 Å². The molecule has 1 aromatic heterocycles. The van der Waals surface area contributed by atoms with E-state index in [0.29, 0.717) is 18.4 Å². The lowest BCUT2D eigenvalue weighted by atomic mass is 9.48. The number of hydrogen-bond donors (Lipinski definition) is 3. The largest absolute Gasteiger partial charge is 0.472 e. The molecule has 1 aromatic rings. The summed E-state index contributed by atoms with van der Waals surface area (Å²) < 4.78 is 22.7. The molecule has 200 valence electrons. The molecule has 4 aliphatic carbocycles. The van der Waals surface area contributed by atoms with Gasteiger partial charge in [0.05, 0.1) is 37.6 Å². The molecular formula is C27H32O10. The summed E-state index contributed by atoms with van der Waals surface area (Å²) in [4.78, 5) is 39.8. The number of aliphatic hydroxyl groups is 3. The predicted molar refractivity (Wildman–Crippen MR) is 121 cm³/mol. The average molecular weight is 517 g/mol. The fourth-order valence-corrected chi connectivity index (χ4v) is 10.6. The van der Waals surface area contributed by atoms with Crippen molar-refractivity contribution in [1.29, 1.82) is 0 Å². The van der Waals surface area contributed by atoms with Crippen LogP contribution in [-0.4, -0.2) is 69.2 Å². The molecule has 3 N–H and O–H groups in total. The maximum atomic E-state index is 14.0. The monoisotopic (exact) mass is 516 g/mol. The van der Waals surface area contributed by atoms with Crippen molar-refractivity contribution in [2.75, 3.05) is 7.11 Å². The fraction of sp³-hybridized carbons (Fsp3) is 0.741. The van der Waals surface area contributed by atoms with Gasteiger partial charge < -0.3 is 33.9 Å². The van der Waals surface area contributed by atoms with E-state index >= 15 is 0 Å². The molecule has 3 heterocycles. The van der Waals surface area contributed by atoms with Gasteiger partial charge >= 0.3 is 11.9 Å². The summed E-state index contributed by atoms with van der Waals surface area (Å²) in [7, 11) is 1.17. The van der Waals surface area contributed by atoms with Gasteiger partial charge in [-0.25, -0.2) is 4.79 Å². The molecule has 2 saturated heterocycles. The standard InChI is InChI=1S/C27H32O10/c1-22-11-25(33)18(15(29)19(22)31)27-13(24(25,3)17(22)16(30)21(32)34-4)5-7-23(2)20(12-6-8-35-10-12)36-14(28)9-26(23,27)37-27/h6,8,10,13,16-20,30-31,33H,5,7,9,11H2,1-4H3/t13-,16+,17+,18+,19-,20+,22+,23+,24-,25-,26+,27+/m1/s1. The van der Waals surface area contributed by atoms with E-state index in [-0.39, 0.29) is 12.8 Å². The number of carbonyl (C=O) groups is 3. The van der Waals surface area contributed by atoms with Crippen molar-refractivity contribution in [1.82, 2.24) is 0 Å².